The minimum atomic E-state index is -3.66. The van der Waals surface area contributed by atoms with Crippen LogP contribution in [-0.2, 0) is 10.0 Å². The zero-order valence-corrected chi connectivity index (χ0v) is 11.9. The molecule has 0 bridgehead atoms. The van der Waals surface area contributed by atoms with Crippen LogP contribution in [0.4, 0.5) is 5.13 Å². The van der Waals surface area contributed by atoms with E-state index in [2.05, 4.69) is 26.8 Å². The van der Waals surface area contributed by atoms with Crippen molar-refractivity contribution in [1.29, 1.82) is 0 Å². The van der Waals surface area contributed by atoms with E-state index < -0.39 is 10.0 Å². The van der Waals surface area contributed by atoms with E-state index in [0.29, 0.717) is 12.0 Å². The molecule has 0 fully saturated rings. The van der Waals surface area contributed by atoms with Gasteiger partial charge in [-0.05, 0) is 24.3 Å². The average Bonchev–Trinajstić information content (AvgIpc) is 2.92. The molecule has 1 aromatic heterocycles. The third kappa shape index (κ3) is 3.77. The van der Waals surface area contributed by atoms with E-state index in [1.165, 1.54) is 17.6 Å². The van der Waals surface area contributed by atoms with E-state index in [9.17, 15) is 8.42 Å². The van der Waals surface area contributed by atoms with Gasteiger partial charge in [-0.25, -0.2) is 8.42 Å². The molecule has 0 atom stereocenters. The lowest BCUT2D eigenvalue weighted by Gasteiger charge is -2.04. The van der Waals surface area contributed by atoms with Crippen LogP contribution >= 0.6 is 11.3 Å². The fourth-order valence-electron chi connectivity index (χ4n) is 1.33. The summed E-state index contributed by atoms with van der Waals surface area (Å²) < 4.78 is 26.4. The molecule has 0 saturated heterocycles. The Labute approximate surface area is 120 Å². The summed E-state index contributed by atoms with van der Waals surface area (Å²) in [5.74, 6) is 5.59. The predicted molar refractivity (Wildman–Crippen MR) is 75.7 cm³/mol. The number of aliphatic hydroxyl groups is 1. The Morgan fingerprint density at radius 3 is 2.65 bits per heavy atom. The highest BCUT2D eigenvalue weighted by atomic mass is 32.2. The second-order valence-corrected chi connectivity index (χ2v) is 6.16. The van der Waals surface area contributed by atoms with Crippen molar-refractivity contribution in [3.63, 3.8) is 0 Å². The van der Waals surface area contributed by atoms with Crippen LogP contribution < -0.4 is 4.72 Å². The van der Waals surface area contributed by atoms with Crippen LogP contribution in [0.5, 0.6) is 0 Å². The van der Waals surface area contributed by atoms with Gasteiger partial charge in [-0.3, -0.25) is 4.72 Å². The third-order valence-corrected chi connectivity index (χ3v) is 4.31. The Morgan fingerprint density at radius 1 is 1.30 bits per heavy atom. The van der Waals surface area contributed by atoms with Gasteiger partial charge in [-0.15, -0.1) is 10.2 Å². The van der Waals surface area contributed by atoms with Crippen LogP contribution in [0, 0.1) is 11.8 Å². The van der Waals surface area contributed by atoms with Crippen molar-refractivity contribution < 1.29 is 13.5 Å². The molecule has 8 heteroatoms. The first-order chi connectivity index (χ1) is 9.62. The van der Waals surface area contributed by atoms with Crippen molar-refractivity contribution in [2.45, 2.75) is 11.3 Å². The van der Waals surface area contributed by atoms with Gasteiger partial charge >= 0.3 is 0 Å². The topological polar surface area (TPSA) is 92.2 Å². The number of anilines is 1. The summed E-state index contributed by atoms with van der Waals surface area (Å²) in [6.07, 6.45) is 0.388. The summed E-state index contributed by atoms with van der Waals surface area (Å²) in [6, 6.07) is 6.15. The molecule has 0 unspecified atom stereocenters. The lowest BCUT2D eigenvalue weighted by Crippen LogP contribution is -2.12. The van der Waals surface area contributed by atoms with Gasteiger partial charge in [-0.1, -0.05) is 23.2 Å². The standard InChI is InChI=1S/C12H11N3O3S2/c16-8-2-1-3-10-4-6-11(7-5-10)20(17,18)15-12-14-13-9-19-12/h4-7,9,16H,2,8H2,(H,14,15). The SMILES string of the molecule is O=S(=O)(Nc1nncs1)c1ccc(C#CCCO)cc1. The van der Waals surface area contributed by atoms with E-state index in [1.54, 1.807) is 12.1 Å². The van der Waals surface area contributed by atoms with E-state index in [0.717, 1.165) is 11.3 Å². The Morgan fingerprint density at radius 2 is 2.05 bits per heavy atom. The summed E-state index contributed by atoms with van der Waals surface area (Å²) in [5.41, 5.74) is 2.13. The third-order valence-electron chi connectivity index (χ3n) is 2.22. The number of hydrogen-bond donors (Lipinski definition) is 2. The van der Waals surface area contributed by atoms with Gasteiger partial charge in [0.05, 0.1) is 11.5 Å². The lowest BCUT2D eigenvalue weighted by atomic mass is 10.2. The summed E-state index contributed by atoms with van der Waals surface area (Å²) in [5, 5.41) is 16.0. The normalized spacial score (nSPS) is 10.7. The molecule has 1 aromatic carbocycles. The van der Waals surface area contributed by atoms with Crippen LogP contribution in [0.1, 0.15) is 12.0 Å². The number of nitrogens with one attached hydrogen (secondary N) is 1. The molecule has 0 radical (unpaired) electrons. The zero-order chi connectivity index (χ0) is 14.4. The molecule has 20 heavy (non-hydrogen) atoms. The number of rotatable bonds is 4. The second kappa shape index (κ2) is 6.47. The van der Waals surface area contributed by atoms with Crippen molar-refractivity contribution >= 4 is 26.5 Å². The average molecular weight is 309 g/mol. The number of nitrogens with zero attached hydrogens (tertiary/aromatic N) is 2. The number of aliphatic hydroxyl groups excluding tert-OH is 1. The smallest absolute Gasteiger partial charge is 0.263 e. The fourth-order valence-corrected chi connectivity index (χ4v) is 3.02. The lowest BCUT2D eigenvalue weighted by molar-refractivity contribution is 0.305. The van der Waals surface area contributed by atoms with E-state index in [4.69, 9.17) is 5.11 Å². The maximum absolute atomic E-state index is 12.0. The number of hydrogen-bond acceptors (Lipinski definition) is 6. The molecule has 0 aliphatic rings. The highest BCUT2D eigenvalue weighted by Gasteiger charge is 2.15. The second-order valence-electron chi connectivity index (χ2n) is 3.65. The first kappa shape index (κ1) is 14.5. The van der Waals surface area contributed by atoms with Gasteiger partial charge in [0.15, 0.2) is 0 Å². The van der Waals surface area contributed by atoms with Crippen LogP contribution in [0.2, 0.25) is 0 Å². The van der Waals surface area contributed by atoms with Gasteiger partial charge in [0.2, 0.25) is 5.13 Å². The largest absolute Gasteiger partial charge is 0.395 e. The predicted octanol–water partition coefficient (Wildman–Crippen LogP) is 1.07. The van der Waals surface area contributed by atoms with E-state index in [-0.39, 0.29) is 16.6 Å². The van der Waals surface area contributed by atoms with Gasteiger partial charge in [0, 0.05) is 12.0 Å². The minimum absolute atomic E-state index is 0.00519. The molecule has 0 amide bonds. The van der Waals surface area contributed by atoms with E-state index in [1.807, 2.05) is 0 Å². The van der Waals surface area contributed by atoms with Crippen molar-refractivity contribution in [3.05, 3.63) is 35.3 Å². The molecule has 1 heterocycles. The van der Waals surface area contributed by atoms with Gasteiger partial charge in [0.1, 0.15) is 5.51 Å². The van der Waals surface area contributed by atoms with Crippen LogP contribution in [0.3, 0.4) is 0 Å². The number of benzene rings is 1. The Bertz CT molecular complexity index is 714. The molecule has 2 rings (SSSR count). The van der Waals surface area contributed by atoms with Gasteiger partial charge < -0.3 is 5.11 Å². The van der Waals surface area contributed by atoms with E-state index >= 15 is 0 Å². The number of aromatic nitrogens is 2. The Hall–Kier alpha value is -1.95. The van der Waals surface area contributed by atoms with Gasteiger partial charge in [-0.2, -0.15) is 0 Å². The monoisotopic (exact) mass is 309 g/mol. The molecule has 0 saturated carbocycles. The molecule has 0 aliphatic heterocycles. The fraction of sp³-hybridized carbons (Fsp3) is 0.167. The van der Waals surface area contributed by atoms with Crippen molar-refractivity contribution in [2.24, 2.45) is 0 Å². The number of sulfonamides is 1. The van der Waals surface area contributed by atoms with Crippen molar-refractivity contribution in [1.82, 2.24) is 10.2 Å². The molecule has 2 aromatic rings. The maximum Gasteiger partial charge on any atom is 0.263 e. The highest BCUT2D eigenvalue weighted by molar-refractivity contribution is 7.93. The summed E-state index contributed by atoms with van der Waals surface area (Å²) in [6.45, 7) is 0.00519. The Kier molecular flexibility index (Phi) is 4.68. The molecule has 0 aliphatic carbocycles. The molecule has 0 spiro atoms. The van der Waals surface area contributed by atoms with Crippen LogP contribution in [0.15, 0.2) is 34.7 Å². The minimum Gasteiger partial charge on any atom is -0.395 e. The first-order valence-electron chi connectivity index (χ1n) is 5.60. The highest BCUT2D eigenvalue weighted by Crippen LogP contribution is 2.17. The first-order valence-corrected chi connectivity index (χ1v) is 7.97. The summed E-state index contributed by atoms with van der Waals surface area (Å²) in [7, 11) is -3.66. The van der Waals surface area contributed by atoms with Gasteiger partial charge in [0.25, 0.3) is 10.0 Å². The summed E-state index contributed by atoms with van der Waals surface area (Å²) in [4.78, 5) is 0.125. The molecule has 104 valence electrons. The Balaban J connectivity index is 2.15. The molecular formula is C12H11N3O3S2. The van der Waals surface area contributed by atoms with Crippen LogP contribution in [-0.4, -0.2) is 30.3 Å². The molecule has 2 N–H and O–H groups in total. The maximum atomic E-state index is 12.0. The van der Waals surface area contributed by atoms with Crippen LogP contribution in [0.25, 0.3) is 0 Å². The summed E-state index contributed by atoms with van der Waals surface area (Å²) >= 11 is 1.10. The molecular weight excluding hydrogens is 298 g/mol. The van der Waals surface area contributed by atoms with Crippen molar-refractivity contribution in [2.75, 3.05) is 11.3 Å². The van der Waals surface area contributed by atoms with Crippen molar-refractivity contribution in [3.8, 4) is 11.8 Å². The molecule has 6 nitrogen and oxygen atoms in total. The quantitative estimate of drug-likeness (QED) is 0.824. The zero-order valence-electron chi connectivity index (χ0n) is 10.3.